The van der Waals surface area contributed by atoms with Crippen LogP contribution in [0.15, 0.2) is 41.9 Å². The minimum absolute atomic E-state index is 0.0167. The molecule has 0 heterocycles. The molecule has 34 heavy (non-hydrogen) atoms. The lowest BCUT2D eigenvalue weighted by Crippen LogP contribution is -2.21. The fraction of sp³-hybridized carbons (Fsp3) is 0.571. The van der Waals surface area contributed by atoms with E-state index in [4.69, 9.17) is 18.9 Å². The zero-order valence-electron chi connectivity index (χ0n) is 20.9. The minimum Gasteiger partial charge on any atom is -0.494 e. The van der Waals surface area contributed by atoms with E-state index >= 15 is 0 Å². The molecule has 188 valence electrons. The normalized spacial score (nSPS) is 17.4. The largest absolute Gasteiger partial charge is 0.494 e. The Morgan fingerprint density at radius 3 is 2.09 bits per heavy atom. The third-order valence-electron chi connectivity index (χ3n) is 6.04. The van der Waals surface area contributed by atoms with Crippen LogP contribution in [0, 0.1) is 11.8 Å². The Labute approximate surface area is 204 Å². The number of hydrogen-bond donors (Lipinski definition) is 0. The van der Waals surface area contributed by atoms with Gasteiger partial charge in [-0.25, -0.2) is 0 Å². The van der Waals surface area contributed by atoms with E-state index in [2.05, 4.69) is 0 Å². The molecule has 1 aliphatic carbocycles. The summed E-state index contributed by atoms with van der Waals surface area (Å²) in [6.45, 7) is 5.82. The zero-order valence-corrected chi connectivity index (χ0v) is 20.9. The second-order valence-corrected chi connectivity index (χ2v) is 8.58. The number of ether oxygens (including phenoxy) is 4. The summed E-state index contributed by atoms with van der Waals surface area (Å²) in [5, 5.41) is 0. The first-order chi connectivity index (χ1) is 16.6. The molecule has 0 saturated carbocycles. The van der Waals surface area contributed by atoms with Crippen LogP contribution in [-0.4, -0.2) is 39.5 Å². The van der Waals surface area contributed by atoms with Crippen molar-refractivity contribution < 1.29 is 28.5 Å². The summed E-state index contributed by atoms with van der Waals surface area (Å²) in [7, 11) is 1.60. The van der Waals surface area contributed by atoms with Crippen molar-refractivity contribution in [3.8, 4) is 11.5 Å². The number of aldehydes is 2. The second-order valence-electron chi connectivity index (χ2n) is 8.58. The summed E-state index contributed by atoms with van der Waals surface area (Å²) in [6, 6.07) is 5.20. The number of allylic oxidation sites excluding steroid dienone is 3. The minimum atomic E-state index is -0.145. The molecule has 0 aromatic heterocycles. The summed E-state index contributed by atoms with van der Waals surface area (Å²) < 4.78 is 22.8. The summed E-state index contributed by atoms with van der Waals surface area (Å²) >= 11 is 0. The number of carbonyl (C=O) groups is 2. The highest BCUT2D eigenvalue weighted by Crippen LogP contribution is 2.31. The van der Waals surface area contributed by atoms with Crippen LogP contribution in [-0.2, 0) is 14.3 Å². The first-order valence-corrected chi connectivity index (χ1v) is 12.5. The first-order valence-electron chi connectivity index (χ1n) is 12.5. The molecule has 0 fully saturated rings. The van der Waals surface area contributed by atoms with Gasteiger partial charge < -0.3 is 23.7 Å². The van der Waals surface area contributed by atoms with E-state index in [1.807, 2.05) is 26.0 Å². The Morgan fingerprint density at radius 1 is 0.853 bits per heavy atom. The van der Waals surface area contributed by atoms with Crippen LogP contribution >= 0.6 is 0 Å². The van der Waals surface area contributed by atoms with Crippen molar-refractivity contribution >= 4 is 12.6 Å². The SMILES string of the molecule is CCOC1=C(OCCCCCCCCCCOc2cc(C=O)ccc2OC)C(C)C(C=O)C=C1. The number of methoxy groups -OCH3 is 1. The first kappa shape index (κ1) is 27.5. The van der Waals surface area contributed by atoms with E-state index < -0.39 is 0 Å². The Hall–Kier alpha value is -2.76. The Morgan fingerprint density at radius 2 is 1.50 bits per heavy atom. The van der Waals surface area contributed by atoms with Gasteiger partial charge in [-0.05, 0) is 44.0 Å². The van der Waals surface area contributed by atoms with Crippen molar-refractivity contribution in [3.63, 3.8) is 0 Å². The third-order valence-corrected chi connectivity index (χ3v) is 6.04. The number of rotatable bonds is 18. The molecular formula is C28H40O6. The lowest BCUT2D eigenvalue weighted by molar-refractivity contribution is -0.111. The fourth-order valence-electron chi connectivity index (χ4n) is 4.00. The van der Waals surface area contributed by atoms with Gasteiger partial charge in [0.05, 0.1) is 26.9 Å². The molecule has 0 N–H and O–H groups in total. The highest BCUT2D eigenvalue weighted by molar-refractivity contribution is 5.76. The van der Waals surface area contributed by atoms with Gasteiger partial charge >= 0.3 is 0 Å². The van der Waals surface area contributed by atoms with Gasteiger partial charge in [0, 0.05) is 17.4 Å². The molecule has 2 rings (SSSR count). The van der Waals surface area contributed by atoms with Gasteiger partial charge in [0.1, 0.15) is 18.3 Å². The predicted molar refractivity (Wildman–Crippen MR) is 133 cm³/mol. The molecule has 1 aromatic carbocycles. The highest BCUT2D eigenvalue weighted by Gasteiger charge is 2.27. The van der Waals surface area contributed by atoms with E-state index in [1.54, 1.807) is 25.3 Å². The number of carbonyl (C=O) groups excluding carboxylic acids is 2. The van der Waals surface area contributed by atoms with E-state index in [0.29, 0.717) is 36.9 Å². The van der Waals surface area contributed by atoms with E-state index in [1.165, 1.54) is 25.7 Å². The lowest BCUT2D eigenvalue weighted by Gasteiger charge is -2.26. The van der Waals surface area contributed by atoms with Gasteiger partial charge in [0.25, 0.3) is 0 Å². The summed E-state index contributed by atoms with van der Waals surface area (Å²) in [6.07, 6.45) is 14.6. The van der Waals surface area contributed by atoms with Crippen molar-refractivity contribution in [3.05, 3.63) is 47.4 Å². The van der Waals surface area contributed by atoms with Crippen molar-refractivity contribution in [2.75, 3.05) is 26.9 Å². The third kappa shape index (κ3) is 8.88. The molecule has 2 unspecified atom stereocenters. The van der Waals surface area contributed by atoms with Gasteiger partial charge in [-0.1, -0.05) is 51.5 Å². The lowest BCUT2D eigenvalue weighted by atomic mass is 9.89. The van der Waals surface area contributed by atoms with Gasteiger partial charge in [0.2, 0.25) is 0 Å². The molecule has 0 radical (unpaired) electrons. The van der Waals surface area contributed by atoms with Crippen LogP contribution in [0.25, 0.3) is 0 Å². The van der Waals surface area contributed by atoms with E-state index in [9.17, 15) is 9.59 Å². The van der Waals surface area contributed by atoms with Gasteiger partial charge in [-0.3, -0.25) is 4.79 Å². The van der Waals surface area contributed by atoms with Crippen LogP contribution in [0.5, 0.6) is 11.5 Å². The Bertz CT molecular complexity index is 813. The summed E-state index contributed by atoms with van der Waals surface area (Å²) in [4.78, 5) is 22.2. The maximum absolute atomic E-state index is 11.3. The van der Waals surface area contributed by atoms with Crippen LogP contribution in [0.4, 0.5) is 0 Å². The molecule has 0 amide bonds. The van der Waals surface area contributed by atoms with Crippen molar-refractivity contribution in [2.45, 2.75) is 65.2 Å². The maximum atomic E-state index is 11.3. The smallest absolute Gasteiger partial charge is 0.161 e. The van der Waals surface area contributed by atoms with Crippen molar-refractivity contribution in [1.82, 2.24) is 0 Å². The topological polar surface area (TPSA) is 71.1 Å². The van der Waals surface area contributed by atoms with Crippen LogP contribution in [0.2, 0.25) is 0 Å². The average Bonchev–Trinajstić information content (AvgIpc) is 2.86. The van der Waals surface area contributed by atoms with E-state index in [0.717, 1.165) is 49.8 Å². The predicted octanol–water partition coefficient (Wildman–Crippen LogP) is 6.29. The van der Waals surface area contributed by atoms with E-state index in [-0.39, 0.29) is 11.8 Å². The second kappa shape index (κ2) is 16.0. The fourth-order valence-corrected chi connectivity index (χ4v) is 4.00. The quantitative estimate of drug-likeness (QED) is 0.185. The average molecular weight is 473 g/mol. The Kier molecular flexibility index (Phi) is 12.9. The molecule has 1 aromatic rings. The molecule has 0 spiro atoms. The molecule has 0 bridgehead atoms. The molecule has 6 heteroatoms. The molecule has 6 nitrogen and oxygen atoms in total. The number of unbranched alkanes of at least 4 members (excludes halogenated alkanes) is 7. The summed E-state index contributed by atoms with van der Waals surface area (Å²) in [5.74, 6) is 2.71. The van der Waals surface area contributed by atoms with Crippen molar-refractivity contribution in [2.24, 2.45) is 11.8 Å². The van der Waals surface area contributed by atoms with Crippen molar-refractivity contribution in [1.29, 1.82) is 0 Å². The van der Waals surface area contributed by atoms with Crippen LogP contribution in [0.3, 0.4) is 0 Å². The molecule has 0 aliphatic heterocycles. The monoisotopic (exact) mass is 472 g/mol. The van der Waals surface area contributed by atoms with Crippen LogP contribution < -0.4 is 9.47 Å². The maximum Gasteiger partial charge on any atom is 0.161 e. The van der Waals surface area contributed by atoms with Gasteiger partial charge in [0.15, 0.2) is 17.3 Å². The zero-order chi connectivity index (χ0) is 24.6. The molecule has 0 saturated heterocycles. The Balaban J connectivity index is 1.53. The standard InChI is InChI=1S/C28H40O6/c1-4-32-26-16-14-24(21-30)22(2)28(26)34-18-12-10-8-6-5-7-9-11-17-33-27-19-23(20-29)13-15-25(27)31-3/h13-16,19-22,24H,4-12,17-18H2,1-3H3. The molecule has 2 atom stereocenters. The van der Waals surface area contributed by atoms with Gasteiger partial charge in [-0.15, -0.1) is 0 Å². The number of benzene rings is 1. The number of hydrogen-bond acceptors (Lipinski definition) is 6. The molecule has 1 aliphatic rings. The van der Waals surface area contributed by atoms with Gasteiger partial charge in [-0.2, -0.15) is 0 Å². The highest BCUT2D eigenvalue weighted by atomic mass is 16.5. The van der Waals surface area contributed by atoms with Crippen LogP contribution in [0.1, 0.15) is 75.6 Å². The summed E-state index contributed by atoms with van der Waals surface area (Å²) in [5.41, 5.74) is 0.586. The molecular weight excluding hydrogens is 432 g/mol.